The van der Waals surface area contributed by atoms with Crippen molar-refractivity contribution in [1.82, 2.24) is 10.3 Å². The number of hydrogen-bond donors (Lipinski definition) is 2. The van der Waals surface area contributed by atoms with Gasteiger partial charge in [-0.1, -0.05) is 0 Å². The van der Waals surface area contributed by atoms with Gasteiger partial charge in [-0.3, -0.25) is 4.79 Å². The number of nitrogens with one attached hydrogen (secondary N) is 1. The average Bonchev–Trinajstić information content (AvgIpc) is 2.27. The predicted molar refractivity (Wildman–Crippen MR) is 60.2 cm³/mol. The maximum atomic E-state index is 12.2. The second kappa shape index (κ2) is 6.60. The van der Waals surface area contributed by atoms with Gasteiger partial charge in [-0.15, -0.1) is 0 Å². The second-order valence-electron chi connectivity index (χ2n) is 3.24. The normalized spacial score (nSPS) is 11.3. The average molecular weight is 280 g/mol. The van der Waals surface area contributed by atoms with Gasteiger partial charge in [0.1, 0.15) is 5.03 Å². The van der Waals surface area contributed by atoms with Crippen molar-refractivity contribution in [2.45, 2.75) is 17.0 Å². The van der Waals surface area contributed by atoms with Crippen molar-refractivity contribution in [3.8, 4) is 0 Å². The van der Waals surface area contributed by atoms with Gasteiger partial charge in [-0.2, -0.15) is 13.2 Å². The van der Waals surface area contributed by atoms with E-state index in [4.69, 9.17) is 5.11 Å². The molecule has 2 N–H and O–H groups in total. The zero-order chi connectivity index (χ0) is 13.6. The fourth-order valence-electron chi connectivity index (χ4n) is 1.13. The molecule has 0 saturated carbocycles. The van der Waals surface area contributed by atoms with Crippen LogP contribution in [-0.2, 0) is 0 Å². The molecule has 0 aliphatic rings. The number of aliphatic hydroxyl groups is 1. The Morgan fingerprint density at radius 3 is 2.83 bits per heavy atom. The van der Waals surface area contributed by atoms with E-state index in [-0.39, 0.29) is 23.7 Å². The predicted octanol–water partition coefficient (Wildman–Crippen LogP) is 1.81. The molecule has 4 nitrogen and oxygen atoms in total. The molecule has 0 spiro atoms. The molecule has 1 aromatic rings. The van der Waals surface area contributed by atoms with Crippen LogP contribution in [0.2, 0.25) is 0 Å². The van der Waals surface area contributed by atoms with Crippen LogP contribution in [0.15, 0.2) is 23.4 Å². The Balaban J connectivity index is 2.78. The second-order valence-corrected chi connectivity index (χ2v) is 4.29. The van der Waals surface area contributed by atoms with E-state index in [1.807, 2.05) is 0 Å². The molecule has 0 fully saturated rings. The topological polar surface area (TPSA) is 62.2 Å². The first kappa shape index (κ1) is 14.8. The molecule has 0 aliphatic carbocycles. The summed E-state index contributed by atoms with van der Waals surface area (Å²) in [6.07, 6.45) is 1.53. The van der Waals surface area contributed by atoms with Crippen molar-refractivity contribution in [1.29, 1.82) is 0 Å². The molecule has 0 radical (unpaired) electrons. The summed E-state index contributed by atoms with van der Waals surface area (Å²) in [5.41, 5.74) is -4.62. The quantitative estimate of drug-likeness (QED) is 0.638. The van der Waals surface area contributed by atoms with Crippen molar-refractivity contribution in [3.05, 3.63) is 23.9 Å². The summed E-state index contributed by atoms with van der Waals surface area (Å²) in [6, 6.07) is 2.66. The van der Waals surface area contributed by atoms with Crippen LogP contribution in [0, 0.1) is 0 Å². The highest BCUT2D eigenvalue weighted by molar-refractivity contribution is 8.00. The van der Waals surface area contributed by atoms with E-state index in [2.05, 4.69) is 10.3 Å². The SMILES string of the molecule is O=C(NCCCO)c1cccnc1SC(F)(F)F. The molecule has 1 heterocycles. The molecular formula is C10H11F3N2O2S. The summed E-state index contributed by atoms with van der Waals surface area (Å²) in [5.74, 6) is -0.636. The summed E-state index contributed by atoms with van der Waals surface area (Å²) in [4.78, 5) is 15.2. The first-order valence-electron chi connectivity index (χ1n) is 5.04. The van der Waals surface area contributed by atoms with E-state index in [0.29, 0.717) is 6.42 Å². The van der Waals surface area contributed by atoms with Gasteiger partial charge < -0.3 is 10.4 Å². The van der Waals surface area contributed by atoms with Crippen LogP contribution < -0.4 is 5.32 Å². The van der Waals surface area contributed by atoms with Gasteiger partial charge in [-0.05, 0) is 18.6 Å². The molecule has 8 heteroatoms. The highest BCUT2D eigenvalue weighted by Gasteiger charge is 2.32. The number of amides is 1. The lowest BCUT2D eigenvalue weighted by Gasteiger charge is -2.09. The Labute approximate surface area is 106 Å². The number of pyridine rings is 1. The molecule has 0 bridgehead atoms. The maximum Gasteiger partial charge on any atom is 0.447 e. The molecule has 1 rings (SSSR count). The molecule has 1 amide bonds. The molecule has 1 aromatic heterocycles. The minimum atomic E-state index is -4.49. The number of alkyl halides is 3. The number of rotatable bonds is 5. The third kappa shape index (κ3) is 4.92. The van der Waals surface area contributed by atoms with Gasteiger partial charge in [0.25, 0.3) is 5.91 Å². The lowest BCUT2D eigenvalue weighted by molar-refractivity contribution is -0.0329. The Morgan fingerprint density at radius 1 is 1.50 bits per heavy atom. The van der Waals surface area contributed by atoms with Crippen LogP contribution in [0.5, 0.6) is 0 Å². The number of thioether (sulfide) groups is 1. The number of hydrogen-bond acceptors (Lipinski definition) is 4. The molecule has 100 valence electrons. The van der Waals surface area contributed by atoms with Gasteiger partial charge in [0.05, 0.1) is 5.56 Å². The van der Waals surface area contributed by atoms with Crippen LogP contribution in [0.1, 0.15) is 16.8 Å². The number of aliphatic hydroxyl groups excluding tert-OH is 1. The molecule has 18 heavy (non-hydrogen) atoms. The summed E-state index contributed by atoms with van der Waals surface area (Å²) in [6.45, 7) is 0.0951. The number of halogens is 3. The van der Waals surface area contributed by atoms with Crippen LogP contribution in [0.4, 0.5) is 13.2 Å². The van der Waals surface area contributed by atoms with Gasteiger partial charge in [0.2, 0.25) is 0 Å². The number of carbonyl (C=O) groups is 1. The highest BCUT2D eigenvalue weighted by Crippen LogP contribution is 2.37. The maximum absolute atomic E-state index is 12.2. The smallest absolute Gasteiger partial charge is 0.396 e. The number of aromatic nitrogens is 1. The largest absolute Gasteiger partial charge is 0.447 e. The van der Waals surface area contributed by atoms with Crippen molar-refractivity contribution in [2.24, 2.45) is 0 Å². The molecule has 0 atom stereocenters. The third-order valence-electron chi connectivity index (χ3n) is 1.85. The summed E-state index contributed by atoms with van der Waals surface area (Å²) >= 11 is -0.426. The standard InChI is InChI=1S/C10H11F3N2O2S/c11-10(12,13)18-9-7(3-1-4-15-9)8(17)14-5-2-6-16/h1,3-4,16H,2,5-6H2,(H,14,17). The molecular weight excluding hydrogens is 269 g/mol. The Hall–Kier alpha value is -1.28. The number of carbonyl (C=O) groups excluding carboxylic acids is 1. The van der Waals surface area contributed by atoms with Gasteiger partial charge in [0, 0.05) is 31.1 Å². The van der Waals surface area contributed by atoms with Crippen LogP contribution in [-0.4, -0.2) is 34.7 Å². The van der Waals surface area contributed by atoms with E-state index >= 15 is 0 Å². The molecule has 0 saturated heterocycles. The van der Waals surface area contributed by atoms with E-state index in [1.54, 1.807) is 0 Å². The van der Waals surface area contributed by atoms with Crippen LogP contribution >= 0.6 is 11.8 Å². The van der Waals surface area contributed by atoms with Crippen molar-refractivity contribution >= 4 is 17.7 Å². The molecule has 0 unspecified atom stereocenters. The van der Waals surface area contributed by atoms with Gasteiger partial charge in [0.15, 0.2) is 0 Å². The van der Waals surface area contributed by atoms with Crippen molar-refractivity contribution < 1.29 is 23.1 Å². The first-order chi connectivity index (χ1) is 8.44. The van der Waals surface area contributed by atoms with Crippen molar-refractivity contribution in [2.75, 3.05) is 13.2 Å². The van der Waals surface area contributed by atoms with Crippen LogP contribution in [0.3, 0.4) is 0 Å². The summed E-state index contributed by atoms with van der Waals surface area (Å²) in [7, 11) is 0. The Kier molecular flexibility index (Phi) is 5.42. The fourth-order valence-corrected chi connectivity index (χ4v) is 1.73. The highest BCUT2D eigenvalue weighted by atomic mass is 32.2. The van der Waals surface area contributed by atoms with Gasteiger partial charge >= 0.3 is 5.51 Å². The lowest BCUT2D eigenvalue weighted by atomic mass is 10.2. The zero-order valence-corrected chi connectivity index (χ0v) is 10.0. The Morgan fingerprint density at radius 2 is 2.22 bits per heavy atom. The van der Waals surface area contributed by atoms with Gasteiger partial charge in [-0.25, -0.2) is 4.98 Å². The molecule has 0 aromatic carbocycles. The third-order valence-corrected chi connectivity index (χ3v) is 2.60. The van der Waals surface area contributed by atoms with Crippen molar-refractivity contribution in [3.63, 3.8) is 0 Å². The first-order valence-corrected chi connectivity index (χ1v) is 5.85. The van der Waals surface area contributed by atoms with E-state index < -0.39 is 23.2 Å². The summed E-state index contributed by atoms with van der Waals surface area (Å²) < 4.78 is 36.7. The Bertz CT molecular complexity index is 412. The molecule has 0 aliphatic heterocycles. The minimum absolute atomic E-state index is 0.0997. The monoisotopic (exact) mass is 280 g/mol. The van der Waals surface area contributed by atoms with E-state index in [1.165, 1.54) is 18.3 Å². The summed E-state index contributed by atoms with van der Waals surface area (Å²) in [5, 5.41) is 10.6. The van der Waals surface area contributed by atoms with E-state index in [0.717, 1.165) is 0 Å². The lowest BCUT2D eigenvalue weighted by Crippen LogP contribution is -2.26. The minimum Gasteiger partial charge on any atom is -0.396 e. The zero-order valence-electron chi connectivity index (χ0n) is 9.20. The fraction of sp³-hybridized carbons (Fsp3) is 0.400. The van der Waals surface area contributed by atoms with E-state index in [9.17, 15) is 18.0 Å². The van der Waals surface area contributed by atoms with Crippen LogP contribution in [0.25, 0.3) is 0 Å². The number of nitrogens with zero attached hydrogens (tertiary/aromatic N) is 1.